The molecular formula is C11H22ClN. The Balaban J connectivity index is 2.37. The van der Waals surface area contributed by atoms with E-state index in [0.717, 1.165) is 0 Å². The Kier molecular flexibility index (Phi) is 4.06. The van der Waals surface area contributed by atoms with Crippen LogP contribution in [0.25, 0.3) is 0 Å². The van der Waals surface area contributed by atoms with E-state index in [1.54, 1.807) is 0 Å². The minimum atomic E-state index is 0.0730. The van der Waals surface area contributed by atoms with Crippen molar-refractivity contribution in [2.24, 2.45) is 0 Å². The molecule has 78 valence electrons. The molecule has 0 aliphatic heterocycles. The van der Waals surface area contributed by atoms with Crippen LogP contribution in [0.1, 0.15) is 52.9 Å². The van der Waals surface area contributed by atoms with Gasteiger partial charge in [-0.15, -0.1) is 11.6 Å². The number of nitrogens with one attached hydrogen (secondary N) is 1. The summed E-state index contributed by atoms with van der Waals surface area (Å²) >= 11 is 6.13. The van der Waals surface area contributed by atoms with Crippen LogP contribution in [0.3, 0.4) is 0 Å². The number of rotatable bonds is 3. The molecule has 1 rings (SSSR count). The first-order valence-electron chi connectivity index (χ1n) is 5.44. The Morgan fingerprint density at radius 2 is 1.77 bits per heavy atom. The van der Waals surface area contributed by atoms with E-state index in [1.165, 1.54) is 32.1 Å². The predicted molar refractivity (Wildman–Crippen MR) is 59.4 cm³/mol. The van der Waals surface area contributed by atoms with Crippen LogP contribution >= 0.6 is 11.6 Å². The maximum atomic E-state index is 6.13. The van der Waals surface area contributed by atoms with Crippen molar-refractivity contribution in [1.82, 2.24) is 5.32 Å². The van der Waals surface area contributed by atoms with Gasteiger partial charge in [0, 0.05) is 17.0 Å². The molecule has 0 spiro atoms. The zero-order valence-electron chi connectivity index (χ0n) is 9.07. The van der Waals surface area contributed by atoms with E-state index in [9.17, 15) is 0 Å². The van der Waals surface area contributed by atoms with Crippen molar-refractivity contribution in [2.75, 3.05) is 0 Å². The fourth-order valence-electron chi connectivity index (χ4n) is 1.89. The lowest BCUT2D eigenvalue weighted by atomic mass is 9.91. The zero-order chi connectivity index (χ0) is 9.90. The van der Waals surface area contributed by atoms with Crippen LogP contribution in [0, 0.1) is 0 Å². The summed E-state index contributed by atoms with van der Waals surface area (Å²) in [6.45, 7) is 6.45. The van der Waals surface area contributed by atoms with Crippen LogP contribution in [0.15, 0.2) is 0 Å². The average molecular weight is 204 g/mol. The largest absolute Gasteiger partial charge is 0.308 e. The molecular weight excluding hydrogens is 182 g/mol. The van der Waals surface area contributed by atoms with Crippen molar-refractivity contribution in [3.63, 3.8) is 0 Å². The van der Waals surface area contributed by atoms with Gasteiger partial charge in [0.1, 0.15) is 0 Å². The lowest BCUT2D eigenvalue weighted by Crippen LogP contribution is -2.51. The third-order valence-corrected chi connectivity index (χ3v) is 3.72. The Hall–Kier alpha value is 0.250. The number of hydrogen-bond acceptors (Lipinski definition) is 1. The van der Waals surface area contributed by atoms with E-state index in [2.05, 4.69) is 26.1 Å². The van der Waals surface area contributed by atoms with Gasteiger partial charge in [-0.05, 0) is 33.6 Å². The second-order valence-corrected chi connectivity index (χ2v) is 5.47. The van der Waals surface area contributed by atoms with Gasteiger partial charge in [0.15, 0.2) is 0 Å². The highest BCUT2D eigenvalue weighted by Crippen LogP contribution is 2.22. The molecule has 0 aromatic heterocycles. The summed E-state index contributed by atoms with van der Waals surface area (Å²) in [5.41, 5.74) is 0.0730. The third kappa shape index (κ3) is 3.47. The highest BCUT2D eigenvalue weighted by atomic mass is 35.5. The van der Waals surface area contributed by atoms with E-state index in [-0.39, 0.29) is 10.9 Å². The summed E-state index contributed by atoms with van der Waals surface area (Å²) in [6.07, 6.45) is 6.82. The van der Waals surface area contributed by atoms with Gasteiger partial charge in [-0.3, -0.25) is 0 Å². The molecule has 0 amide bonds. The molecule has 13 heavy (non-hydrogen) atoms. The minimum absolute atomic E-state index is 0.0730. The molecule has 0 saturated heterocycles. The fourth-order valence-corrected chi connectivity index (χ4v) is 1.95. The molecule has 1 nitrogen and oxygen atoms in total. The van der Waals surface area contributed by atoms with Crippen LogP contribution in [0.4, 0.5) is 0 Å². The Bertz CT molecular complexity index is 148. The molecule has 0 bridgehead atoms. The van der Waals surface area contributed by atoms with Gasteiger partial charge in [0.25, 0.3) is 0 Å². The molecule has 1 aliphatic rings. The Labute approximate surface area is 87.2 Å². The summed E-state index contributed by atoms with van der Waals surface area (Å²) in [6, 6.07) is 0.699. The summed E-state index contributed by atoms with van der Waals surface area (Å²) in [4.78, 5) is 0. The van der Waals surface area contributed by atoms with Gasteiger partial charge in [0.2, 0.25) is 0 Å². The summed E-state index contributed by atoms with van der Waals surface area (Å²) in [5, 5.41) is 3.85. The standard InChI is InChI=1S/C11H22ClN/c1-9(12)11(2,3)13-10-7-5-4-6-8-10/h9-10,13H,4-8H2,1-3H3. The van der Waals surface area contributed by atoms with E-state index in [0.29, 0.717) is 6.04 Å². The van der Waals surface area contributed by atoms with Gasteiger partial charge in [-0.2, -0.15) is 0 Å². The van der Waals surface area contributed by atoms with Crippen LogP contribution in [0.5, 0.6) is 0 Å². The van der Waals surface area contributed by atoms with E-state index in [4.69, 9.17) is 11.6 Å². The lowest BCUT2D eigenvalue weighted by Gasteiger charge is -2.35. The van der Waals surface area contributed by atoms with Crippen molar-refractivity contribution in [3.05, 3.63) is 0 Å². The minimum Gasteiger partial charge on any atom is -0.308 e. The van der Waals surface area contributed by atoms with Gasteiger partial charge < -0.3 is 5.32 Å². The second-order valence-electron chi connectivity index (χ2n) is 4.82. The Morgan fingerprint density at radius 3 is 2.23 bits per heavy atom. The SMILES string of the molecule is CC(Cl)C(C)(C)NC1CCCCC1. The van der Waals surface area contributed by atoms with Crippen LogP contribution in [-0.2, 0) is 0 Å². The van der Waals surface area contributed by atoms with E-state index in [1.807, 2.05) is 0 Å². The maximum absolute atomic E-state index is 6.13. The average Bonchev–Trinajstić information content (AvgIpc) is 2.05. The topological polar surface area (TPSA) is 12.0 Å². The van der Waals surface area contributed by atoms with Gasteiger partial charge in [-0.25, -0.2) is 0 Å². The molecule has 1 N–H and O–H groups in total. The lowest BCUT2D eigenvalue weighted by molar-refractivity contribution is 0.277. The number of alkyl halides is 1. The van der Waals surface area contributed by atoms with Crippen LogP contribution < -0.4 is 5.32 Å². The zero-order valence-corrected chi connectivity index (χ0v) is 9.82. The van der Waals surface area contributed by atoms with Gasteiger partial charge >= 0.3 is 0 Å². The highest BCUT2D eigenvalue weighted by Gasteiger charge is 2.27. The first-order chi connectivity index (χ1) is 6.02. The maximum Gasteiger partial charge on any atom is 0.0484 e. The van der Waals surface area contributed by atoms with Gasteiger partial charge in [0.05, 0.1) is 0 Å². The Morgan fingerprint density at radius 1 is 1.23 bits per heavy atom. The quantitative estimate of drug-likeness (QED) is 0.695. The summed E-state index contributed by atoms with van der Waals surface area (Å²) in [5.74, 6) is 0. The second kappa shape index (κ2) is 4.65. The number of halogens is 1. The monoisotopic (exact) mass is 203 g/mol. The summed E-state index contributed by atoms with van der Waals surface area (Å²) in [7, 11) is 0. The summed E-state index contributed by atoms with van der Waals surface area (Å²) < 4.78 is 0. The normalized spacial score (nSPS) is 23.1. The molecule has 1 saturated carbocycles. The van der Waals surface area contributed by atoms with Crippen molar-refractivity contribution >= 4 is 11.6 Å². The highest BCUT2D eigenvalue weighted by molar-refractivity contribution is 6.21. The third-order valence-electron chi connectivity index (χ3n) is 3.18. The molecule has 0 aromatic rings. The molecule has 1 atom stereocenters. The molecule has 0 heterocycles. The van der Waals surface area contributed by atoms with Crippen LogP contribution in [-0.4, -0.2) is 17.0 Å². The molecule has 2 heteroatoms. The van der Waals surface area contributed by atoms with Crippen molar-refractivity contribution in [3.8, 4) is 0 Å². The molecule has 1 unspecified atom stereocenters. The molecule has 0 radical (unpaired) electrons. The van der Waals surface area contributed by atoms with Crippen LogP contribution in [0.2, 0.25) is 0 Å². The van der Waals surface area contributed by atoms with Gasteiger partial charge in [-0.1, -0.05) is 19.3 Å². The van der Waals surface area contributed by atoms with Crippen molar-refractivity contribution in [2.45, 2.75) is 69.8 Å². The molecule has 1 fully saturated rings. The fraction of sp³-hybridized carbons (Fsp3) is 1.00. The first kappa shape index (κ1) is 11.3. The molecule has 0 aromatic carbocycles. The van der Waals surface area contributed by atoms with Crippen molar-refractivity contribution in [1.29, 1.82) is 0 Å². The first-order valence-corrected chi connectivity index (χ1v) is 5.88. The van der Waals surface area contributed by atoms with E-state index >= 15 is 0 Å². The molecule has 1 aliphatic carbocycles. The van der Waals surface area contributed by atoms with Crippen molar-refractivity contribution < 1.29 is 0 Å². The predicted octanol–water partition coefficient (Wildman–Crippen LogP) is 3.31. The smallest absolute Gasteiger partial charge is 0.0484 e. The number of hydrogen-bond donors (Lipinski definition) is 1. The van der Waals surface area contributed by atoms with E-state index < -0.39 is 0 Å².